The number of Topliss-reactive ketones (excluding diaryl/α,β-unsaturated/α-hetero) is 1. The van der Waals surface area contributed by atoms with Crippen molar-refractivity contribution in [3.63, 3.8) is 0 Å². The number of esters is 2. The number of carbonyl (C=O) groups is 4. The van der Waals surface area contributed by atoms with Crippen molar-refractivity contribution in [3.8, 4) is 0 Å². The average Bonchev–Trinajstić information content (AvgIpc) is 3.58. The standard InChI is InChI=1S/C49H67N3O11/c1-11-38-49(8)42(51-47(57)63-49)30(4)39(53)28(2)26-48(7,58-23-17-18-33-25-35-21-15-16-22-36(35)50-27-33)43(31(5)40(54)32(6)44(55)60-38)62-46-41(37(52(9)10)24-29(3)59-46)61-45(56)34-19-13-12-14-20-34/h12-16,19-22,25,27-32,37-38,40-43,46,54H,11,17-18,23-24,26H2,1-10H3,(H,51,57)/t28-,29-,30-,31+,32-,37+,38+,40-,41-,42-,43-,46+,48-,49-/m1/s1. The van der Waals surface area contributed by atoms with Crippen LogP contribution in [-0.4, -0.2) is 120 Å². The first-order valence-corrected chi connectivity index (χ1v) is 22.5. The van der Waals surface area contributed by atoms with Gasteiger partial charge in [0.2, 0.25) is 0 Å². The van der Waals surface area contributed by atoms with Gasteiger partial charge in [-0.1, -0.05) is 64.1 Å². The predicted octanol–water partition coefficient (Wildman–Crippen LogP) is 6.69. The number of nitrogens with zero attached hydrogens (tertiary/aromatic N) is 2. The molecule has 0 unspecified atom stereocenters. The lowest BCUT2D eigenvalue weighted by Gasteiger charge is -2.49. The van der Waals surface area contributed by atoms with E-state index >= 15 is 0 Å². The number of ether oxygens (including phenoxy) is 6. The third kappa shape index (κ3) is 10.6. The highest BCUT2D eigenvalue weighted by Gasteiger charge is 2.57. The van der Waals surface area contributed by atoms with Gasteiger partial charge in [0.25, 0.3) is 0 Å². The predicted molar refractivity (Wildman–Crippen MR) is 236 cm³/mol. The molecule has 0 bridgehead atoms. The molecule has 14 atom stereocenters. The van der Waals surface area contributed by atoms with Crippen LogP contribution in [-0.2, 0) is 44.4 Å². The SMILES string of the molecule is CC[C@@H]1OC(=O)[C@H](C)[C@H](O)[C@H](C)[C@@H](O[C@@H]2O[C@H](C)C[C@H](N(C)C)[C@H]2OC(=O)c2ccccc2)[C@](C)(OCCCc2cnc3ccccc3c2)C[C@@H](C)C(=O)[C@@H](C)[C@H]2NC(=O)O[C@]12C. The largest absolute Gasteiger partial charge is 0.458 e. The van der Waals surface area contributed by atoms with Gasteiger partial charge in [-0.25, -0.2) is 9.59 Å². The van der Waals surface area contributed by atoms with E-state index in [1.807, 2.05) is 83.2 Å². The number of aliphatic hydroxyl groups is 1. The normalized spacial score (nSPS) is 35.6. The number of benzene rings is 2. The van der Waals surface area contributed by atoms with Gasteiger partial charge in [-0.2, -0.15) is 0 Å². The molecule has 14 heteroatoms. The molecule has 2 aromatic carbocycles. The summed E-state index contributed by atoms with van der Waals surface area (Å²) in [5.41, 5.74) is -0.388. The van der Waals surface area contributed by atoms with Crippen LogP contribution >= 0.6 is 0 Å². The molecule has 3 aliphatic rings. The highest BCUT2D eigenvalue weighted by Crippen LogP contribution is 2.41. The number of carbonyl (C=O) groups excluding carboxylic acids is 4. The fraction of sp³-hybridized carbons (Fsp3) is 0.612. The van der Waals surface area contributed by atoms with E-state index < -0.39 is 89.7 Å². The number of ketones is 1. The topological polar surface area (TPSA) is 172 Å². The maximum Gasteiger partial charge on any atom is 0.408 e. The smallest absolute Gasteiger partial charge is 0.408 e. The van der Waals surface area contributed by atoms with Crippen molar-refractivity contribution in [2.45, 2.75) is 148 Å². The van der Waals surface area contributed by atoms with Gasteiger partial charge in [0.15, 0.2) is 18.0 Å². The number of amides is 1. The second-order valence-electron chi connectivity index (χ2n) is 18.6. The van der Waals surface area contributed by atoms with Crippen LogP contribution < -0.4 is 5.32 Å². The second kappa shape index (κ2) is 20.1. The van der Waals surface area contributed by atoms with Crippen molar-refractivity contribution in [2.24, 2.45) is 23.7 Å². The second-order valence-corrected chi connectivity index (χ2v) is 18.6. The monoisotopic (exact) mass is 873 g/mol. The summed E-state index contributed by atoms with van der Waals surface area (Å²) in [5, 5.41) is 16.2. The summed E-state index contributed by atoms with van der Waals surface area (Å²) in [6.07, 6.45) is -2.41. The molecule has 0 radical (unpaired) electrons. The zero-order chi connectivity index (χ0) is 45.8. The Hall–Kier alpha value is -4.47. The van der Waals surface area contributed by atoms with Crippen LogP contribution in [0.5, 0.6) is 0 Å². The van der Waals surface area contributed by atoms with Gasteiger partial charge in [0.05, 0.1) is 53.0 Å². The highest BCUT2D eigenvalue weighted by atomic mass is 16.7. The van der Waals surface area contributed by atoms with Gasteiger partial charge in [-0.3, -0.25) is 14.6 Å². The summed E-state index contributed by atoms with van der Waals surface area (Å²) >= 11 is 0. The molecule has 63 heavy (non-hydrogen) atoms. The van der Waals surface area contributed by atoms with Crippen LogP contribution in [0.1, 0.15) is 97.0 Å². The number of nitrogens with one attached hydrogen (secondary N) is 1. The number of aryl methyl sites for hydroxylation is 1. The average molecular weight is 874 g/mol. The molecule has 0 saturated carbocycles. The van der Waals surface area contributed by atoms with E-state index in [1.165, 1.54) is 0 Å². The van der Waals surface area contributed by atoms with Crippen molar-refractivity contribution < 1.29 is 52.7 Å². The highest BCUT2D eigenvalue weighted by molar-refractivity contribution is 5.89. The van der Waals surface area contributed by atoms with Crippen molar-refractivity contribution in [3.05, 3.63) is 78.0 Å². The molecule has 6 rings (SSSR count). The van der Waals surface area contributed by atoms with Gasteiger partial charge in [-0.05, 0) is 104 Å². The number of likely N-dealkylation sites (N-methyl/N-ethyl adjacent to an activating group) is 1. The molecule has 0 aliphatic carbocycles. The molecule has 3 saturated heterocycles. The number of pyridine rings is 1. The number of rotatable bonds is 11. The molecule has 344 valence electrons. The molecule has 4 heterocycles. The minimum Gasteiger partial charge on any atom is -0.458 e. The summed E-state index contributed by atoms with van der Waals surface area (Å²) in [5.74, 6) is -4.77. The van der Waals surface area contributed by atoms with Gasteiger partial charge in [0.1, 0.15) is 11.9 Å². The van der Waals surface area contributed by atoms with Gasteiger partial charge < -0.3 is 43.7 Å². The molecule has 0 spiro atoms. The Balaban J connectivity index is 1.40. The van der Waals surface area contributed by atoms with E-state index in [9.17, 15) is 24.3 Å². The maximum absolute atomic E-state index is 14.7. The van der Waals surface area contributed by atoms with Crippen LogP contribution in [0, 0.1) is 23.7 Å². The number of hydrogen-bond donors (Lipinski definition) is 2. The molecular formula is C49H67N3O11. The van der Waals surface area contributed by atoms with E-state index in [0.29, 0.717) is 24.8 Å². The fourth-order valence-corrected chi connectivity index (χ4v) is 9.99. The zero-order valence-electron chi connectivity index (χ0n) is 38.4. The Bertz CT molecular complexity index is 2070. The summed E-state index contributed by atoms with van der Waals surface area (Å²) in [4.78, 5) is 62.0. The van der Waals surface area contributed by atoms with E-state index in [4.69, 9.17) is 28.4 Å². The van der Waals surface area contributed by atoms with Crippen molar-refractivity contribution >= 4 is 34.7 Å². The Labute approximate surface area is 371 Å². The third-order valence-corrected chi connectivity index (χ3v) is 13.6. The molecule has 1 aromatic heterocycles. The van der Waals surface area contributed by atoms with Gasteiger partial charge >= 0.3 is 18.0 Å². The molecule has 3 fully saturated rings. The van der Waals surface area contributed by atoms with Gasteiger partial charge in [-0.15, -0.1) is 0 Å². The summed E-state index contributed by atoms with van der Waals surface area (Å²) in [7, 11) is 3.81. The molecule has 14 nitrogen and oxygen atoms in total. The number of fused-ring (bicyclic) bond motifs is 2. The number of cyclic esters (lactones) is 1. The first-order chi connectivity index (χ1) is 29.9. The van der Waals surface area contributed by atoms with Crippen molar-refractivity contribution in [1.29, 1.82) is 0 Å². The molecule has 2 N–H and O–H groups in total. The lowest BCUT2D eigenvalue weighted by Crippen LogP contribution is -2.61. The summed E-state index contributed by atoms with van der Waals surface area (Å²) in [6.45, 7) is 14.5. The molecule has 3 aliphatic heterocycles. The lowest BCUT2D eigenvalue weighted by atomic mass is 9.73. The summed E-state index contributed by atoms with van der Waals surface area (Å²) < 4.78 is 38.9. The minimum absolute atomic E-state index is 0.123. The van der Waals surface area contributed by atoms with E-state index in [-0.39, 0.29) is 37.4 Å². The number of hydrogen-bond acceptors (Lipinski definition) is 13. The molecular weight excluding hydrogens is 807 g/mol. The van der Waals surface area contributed by atoms with Crippen LogP contribution in [0.2, 0.25) is 0 Å². The van der Waals surface area contributed by atoms with Crippen molar-refractivity contribution in [1.82, 2.24) is 15.2 Å². The Morgan fingerprint density at radius 3 is 2.38 bits per heavy atom. The van der Waals surface area contributed by atoms with Crippen molar-refractivity contribution in [2.75, 3.05) is 20.7 Å². The number of alkyl carbamates (subject to hydrolysis) is 1. The molecule has 3 aromatic rings. The first-order valence-electron chi connectivity index (χ1n) is 22.5. The number of para-hydroxylation sites is 1. The Morgan fingerprint density at radius 2 is 1.68 bits per heavy atom. The number of aliphatic hydroxyl groups excluding tert-OH is 1. The van der Waals surface area contributed by atoms with E-state index in [0.717, 1.165) is 16.5 Å². The lowest BCUT2D eigenvalue weighted by molar-refractivity contribution is -0.303. The third-order valence-electron chi connectivity index (χ3n) is 13.6. The van der Waals surface area contributed by atoms with Gasteiger partial charge in [0, 0.05) is 35.9 Å². The maximum atomic E-state index is 14.7. The quantitative estimate of drug-likeness (QED) is 0.119. The van der Waals surface area contributed by atoms with E-state index in [1.54, 1.807) is 52.0 Å². The first kappa shape index (κ1) is 48.0. The summed E-state index contributed by atoms with van der Waals surface area (Å²) in [6, 6.07) is 17.6. The van der Waals surface area contributed by atoms with Crippen LogP contribution in [0.4, 0.5) is 4.79 Å². The zero-order valence-corrected chi connectivity index (χ0v) is 38.4. The Morgan fingerprint density at radius 1 is 0.984 bits per heavy atom. The molecule has 1 amide bonds. The minimum atomic E-state index is -1.37. The number of aromatic nitrogens is 1. The Kier molecular flexibility index (Phi) is 15.3. The van der Waals surface area contributed by atoms with Crippen LogP contribution in [0.15, 0.2) is 66.9 Å². The van der Waals surface area contributed by atoms with Crippen LogP contribution in [0.25, 0.3) is 10.9 Å². The fourth-order valence-electron chi connectivity index (χ4n) is 9.99. The van der Waals surface area contributed by atoms with Crippen LogP contribution in [0.3, 0.4) is 0 Å². The van der Waals surface area contributed by atoms with E-state index in [2.05, 4.69) is 16.4 Å².